The van der Waals surface area contributed by atoms with Gasteiger partial charge in [0.1, 0.15) is 5.82 Å². The fourth-order valence-corrected chi connectivity index (χ4v) is 2.23. The van der Waals surface area contributed by atoms with E-state index in [0.717, 1.165) is 17.0 Å². The van der Waals surface area contributed by atoms with E-state index in [2.05, 4.69) is 10.3 Å². The Morgan fingerprint density at radius 1 is 1.39 bits per heavy atom. The van der Waals surface area contributed by atoms with Crippen LogP contribution in [0.5, 0.6) is 0 Å². The third-order valence-electron chi connectivity index (χ3n) is 3.23. The Labute approximate surface area is 105 Å². The lowest BCUT2D eigenvalue weighted by Gasteiger charge is -2.06. The number of benzene rings is 1. The SMILES string of the molecule is NCc1nnn(Cc2cccc(F)c2)c1C1CC1. The highest BCUT2D eigenvalue weighted by Crippen LogP contribution is 2.41. The van der Waals surface area contributed by atoms with Crippen LogP contribution in [0.25, 0.3) is 0 Å². The van der Waals surface area contributed by atoms with Crippen molar-refractivity contribution in [3.05, 3.63) is 47.0 Å². The summed E-state index contributed by atoms with van der Waals surface area (Å²) in [6, 6.07) is 6.57. The Morgan fingerprint density at radius 2 is 2.22 bits per heavy atom. The fourth-order valence-electron chi connectivity index (χ4n) is 2.23. The van der Waals surface area contributed by atoms with Gasteiger partial charge in [-0.1, -0.05) is 17.3 Å². The van der Waals surface area contributed by atoms with Crippen molar-refractivity contribution in [2.24, 2.45) is 5.73 Å². The van der Waals surface area contributed by atoms with E-state index in [1.54, 1.807) is 6.07 Å². The first kappa shape index (κ1) is 11.3. The first-order valence-corrected chi connectivity index (χ1v) is 6.14. The molecule has 0 amide bonds. The fraction of sp³-hybridized carbons (Fsp3) is 0.385. The number of halogens is 1. The predicted octanol–water partition coefficient (Wildman–Crippen LogP) is 1.80. The van der Waals surface area contributed by atoms with Crippen molar-refractivity contribution in [1.29, 1.82) is 0 Å². The highest BCUT2D eigenvalue weighted by molar-refractivity contribution is 5.23. The minimum atomic E-state index is -0.223. The van der Waals surface area contributed by atoms with Crippen LogP contribution in [-0.4, -0.2) is 15.0 Å². The van der Waals surface area contributed by atoms with E-state index in [0.29, 0.717) is 19.0 Å². The zero-order chi connectivity index (χ0) is 12.5. The molecule has 1 heterocycles. The van der Waals surface area contributed by atoms with E-state index < -0.39 is 0 Å². The molecule has 0 atom stereocenters. The van der Waals surface area contributed by atoms with Crippen LogP contribution < -0.4 is 5.73 Å². The van der Waals surface area contributed by atoms with E-state index in [1.807, 2.05) is 10.7 Å². The van der Waals surface area contributed by atoms with Gasteiger partial charge in [-0.05, 0) is 30.5 Å². The highest BCUT2D eigenvalue weighted by Gasteiger charge is 2.30. The van der Waals surface area contributed by atoms with Gasteiger partial charge in [0.05, 0.1) is 17.9 Å². The van der Waals surface area contributed by atoms with E-state index in [1.165, 1.54) is 25.0 Å². The molecule has 0 aliphatic heterocycles. The summed E-state index contributed by atoms with van der Waals surface area (Å²) in [5, 5.41) is 8.25. The minimum Gasteiger partial charge on any atom is -0.325 e. The predicted molar refractivity (Wildman–Crippen MR) is 65.4 cm³/mol. The molecule has 1 saturated carbocycles. The summed E-state index contributed by atoms with van der Waals surface area (Å²) in [5.41, 5.74) is 8.56. The normalized spacial score (nSPS) is 15.0. The van der Waals surface area contributed by atoms with Gasteiger partial charge >= 0.3 is 0 Å². The number of nitrogens with two attached hydrogens (primary N) is 1. The molecule has 18 heavy (non-hydrogen) atoms. The Balaban J connectivity index is 1.90. The largest absolute Gasteiger partial charge is 0.325 e. The molecule has 1 aliphatic carbocycles. The molecule has 1 aromatic carbocycles. The summed E-state index contributed by atoms with van der Waals surface area (Å²) in [6.07, 6.45) is 2.34. The van der Waals surface area contributed by atoms with Gasteiger partial charge in [-0.3, -0.25) is 0 Å². The quantitative estimate of drug-likeness (QED) is 0.895. The molecule has 5 heteroatoms. The van der Waals surface area contributed by atoms with Crippen molar-refractivity contribution in [1.82, 2.24) is 15.0 Å². The van der Waals surface area contributed by atoms with Gasteiger partial charge in [-0.15, -0.1) is 5.10 Å². The molecule has 0 radical (unpaired) electrons. The first-order valence-electron chi connectivity index (χ1n) is 6.14. The molecule has 4 nitrogen and oxygen atoms in total. The van der Waals surface area contributed by atoms with Crippen molar-refractivity contribution in [3.8, 4) is 0 Å². The van der Waals surface area contributed by atoms with Crippen LogP contribution in [0, 0.1) is 5.82 Å². The van der Waals surface area contributed by atoms with Gasteiger partial charge in [0.25, 0.3) is 0 Å². The maximum atomic E-state index is 13.1. The molecule has 1 aliphatic rings. The summed E-state index contributed by atoms with van der Waals surface area (Å²) in [7, 11) is 0. The average Bonchev–Trinajstić information content (AvgIpc) is 3.11. The van der Waals surface area contributed by atoms with Crippen LogP contribution >= 0.6 is 0 Å². The second-order valence-corrected chi connectivity index (χ2v) is 4.69. The number of hydrogen-bond donors (Lipinski definition) is 1. The minimum absolute atomic E-state index is 0.223. The van der Waals surface area contributed by atoms with Crippen molar-refractivity contribution < 1.29 is 4.39 Å². The molecule has 0 bridgehead atoms. The first-order chi connectivity index (χ1) is 8.78. The van der Waals surface area contributed by atoms with Crippen LogP contribution in [0.3, 0.4) is 0 Å². The zero-order valence-electron chi connectivity index (χ0n) is 10.0. The summed E-state index contributed by atoms with van der Waals surface area (Å²) in [5.74, 6) is 0.312. The molecular formula is C13H15FN4. The molecular weight excluding hydrogens is 231 g/mol. The number of hydrogen-bond acceptors (Lipinski definition) is 3. The summed E-state index contributed by atoms with van der Waals surface area (Å²) < 4.78 is 15.0. The Bertz CT molecular complexity index is 560. The van der Waals surface area contributed by atoms with Gasteiger partial charge in [-0.25, -0.2) is 9.07 Å². The van der Waals surface area contributed by atoms with Crippen LogP contribution in [-0.2, 0) is 13.1 Å². The lowest BCUT2D eigenvalue weighted by Crippen LogP contribution is -2.08. The number of rotatable bonds is 4. The highest BCUT2D eigenvalue weighted by atomic mass is 19.1. The van der Waals surface area contributed by atoms with Gasteiger partial charge in [0.2, 0.25) is 0 Å². The van der Waals surface area contributed by atoms with Crippen LogP contribution in [0.1, 0.15) is 35.7 Å². The number of aromatic nitrogens is 3. The van der Waals surface area contributed by atoms with Crippen molar-refractivity contribution in [2.75, 3.05) is 0 Å². The lowest BCUT2D eigenvalue weighted by atomic mass is 10.2. The van der Waals surface area contributed by atoms with E-state index in [4.69, 9.17) is 5.73 Å². The van der Waals surface area contributed by atoms with Crippen LogP contribution in [0.15, 0.2) is 24.3 Å². The monoisotopic (exact) mass is 246 g/mol. The molecule has 94 valence electrons. The Morgan fingerprint density at radius 3 is 2.89 bits per heavy atom. The van der Waals surface area contributed by atoms with Crippen molar-refractivity contribution in [3.63, 3.8) is 0 Å². The Hall–Kier alpha value is -1.75. The van der Waals surface area contributed by atoms with Crippen LogP contribution in [0.2, 0.25) is 0 Å². The zero-order valence-corrected chi connectivity index (χ0v) is 10.0. The van der Waals surface area contributed by atoms with E-state index >= 15 is 0 Å². The maximum Gasteiger partial charge on any atom is 0.123 e. The topological polar surface area (TPSA) is 56.7 Å². The molecule has 2 aromatic rings. The second kappa shape index (κ2) is 4.49. The molecule has 3 rings (SSSR count). The standard InChI is InChI=1S/C13H15FN4/c14-11-3-1-2-9(6-11)8-18-13(10-4-5-10)12(7-15)16-17-18/h1-3,6,10H,4-5,7-8,15H2. The second-order valence-electron chi connectivity index (χ2n) is 4.69. The molecule has 2 N–H and O–H groups in total. The summed E-state index contributed by atoms with van der Waals surface area (Å²) >= 11 is 0. The molecule has 1 fully saturated rings. The van der Waals surface area contributed by atoms with E-state index in [-0.39, 0.29) is 5.82 Å². The van der Waals surface area contributed by atoms with Crippen molar-refractivity contribution in [2.45, 2.75) is 31.8 Å². The van der Waals surface area contributed by atoms with Gasteiger partial charge in [0, 0.05) is 12.5 Å². The summed E-state index contributed by atoms with van der Waals surface area (Å²) in [6.45, 7) is 0.964. The van der Waals surface area contributed by atoms with Gasteiger partial charge in [-0.2, -0.15) is 0 Å². The van der Waals surface area contributed by atoms with Gasteiger partial charge in [0.15, 0.2) is 0 Å². The van der Waals surface area contributed by atoms with E-state index in [9.17, 15) is 4.39 Å². The Kier molecular flexibility index (Phi) is 2.83. The molecule has 0 saturated heterocycles. The third-order valence-corrected chi connectivity index (χ3v) is 3.23. The van der Waals surface area contributed by atoms with Crippen LogP contribution in [0.4, 0.5) is 4.39 Å². The van der Waals surface area contributed by atoms with Crippen molar-refractivity contribution >= 4 is 0 Å². The van der Waals surface area contributed by atoms with Gasteiger partial charge < -0.3 is 5.73 Å². The molecule has 0 spiro atoms. The molecule has 0 unspecified atom stereocenters. The lowest BCUT2D eigenvalue weighted by molar-refractivity contribution is 0.602. The average molecular weight is 246 g/mol. The smallest absolute Gasteiger partial charge is 0.123 e. The summed E-state index contributed by atoms with van der Waals surface area (Å²) in [4.78, 5) is 0. The third kappa shape index (κ3) is 2.13. The number of nitrogens with zero attached hydrogens (tertiary/aromatic N) is 3. The maximum absolute atomic E-state index is 13.1. The molecule has 1 aromatic heterocycles.